The van der Waals surface area contributed by atoms with Gasteiger partial charge in [0.25, 0.3) is 0 Å². The minimum Gasteiger partial charge on any atom is -0.506 e. The predicted molar refractivity (Wildman–Crippen MR) is 78.0 cm³/mol. The van der Waals surface area contributed by atoms with Crippen molar-refractivity contribution < 1.29 is 14.3 Å². The van der Waals surface area contributed by atoms with E-state index in [0.29, 0.717) is 22.9 Å². The summed E-state index contributed by atoms with van der Waals surface area (Å²) in [6, 6.07) is 8.59. The molecular formula is C16H17NO3. The van der Waals surface area contributed by atoms with Crippen LogP contribution in [0.15, 0.2) is 47.0 Å². The maximum atomic E-state index is 12.0. The topological polar surface area (TPSA) is 62.5 Å². The molecule has 0 spiro atoms. The van der Waals surface area contributed by atoms with E-state index in [1.807, 2.05) is 6.92 Å². The van der Waals surface area contributed by atoms with Crippen LogP contribution in [-0.4, -0.2) is 10.9 Å². The summed E-state index contributed by atoms with van der Waals surface area (Å²) in [6.07, 6.45) is 0.111. The molecule has 0 atom stereocenters. The molecule has 0 fully saturated rings. The van der Waals surface area contributed by atoms with Crippen molar-refractivity contribution in [3.63, 3.8) is 0 Å². The highest BCUT2D eigenvalue weighted by atomic mass is 16.3. The number of Topliss-reactive ketones (excluding diaryl/α,β-unsaturated/α-hetero) is 1. The van der Waals surface area contributed by atoms with Gasteiger partial charge >= 0.3 is 0 Å². The van der Waals surface area contributed by atoms with Crippen molar-refractivity contribution in [1.82, 2.24) is 0 Å². The predicted octanol–water partition coefficient (Wildman–Crippen LogP) is 3.80. The number of rotatable bonds is 5. The summed E-state index contributed by atoms with van der Waals surface area (Å²) >= 11 is 0. The normalized spacial score (nSPS) is 10.3. The second kappa shape index (κ2) is 5.65. The average Bonchev–Trinajstić information content (AvgIpc) is 2.80. The van der Waals surface area contributed by atoms with Crippen molar-refractivity contribution >= 4 is 11.5 Å². The lowest BCUT2D eigenvalue weighted by Gasteiger charge is -2.10. The minimum atomic E-state index is -0.150. The Kier molecular flexibility index (Phi) is 3.94. The van der Waals surface area contributed by atoms with Gasteiger partial charge in [-0.2, -0.15) is 0 Å². The van der Waals surface area contributed by atoms with Gasteiger partial charge in [-0.15, -0.1) is 0 Å². The number of allylic oxidation sites excluding steroid dienone is 1. The second-order valence-electron chi connectivity index (χ2n) is 4.76. The Bertz CT molecular complexity index is 655. The van der Waals surface area contributed by atoms with Crippen molar-refractivity contribution in [2.75, 3.05) is 5.32 Å². The van der Waals surface area contributed by atoms with Crippen LogP contribution >= 0.6 is 0 Å². The molecule has 0 bridgehead atoms. The molecule has 2 N–H and O–H groups in total. The van der Waals surface area contributed by atoms with Crippen LogP contribution in [0.25, 0.3) is 0 Å². The van der Waals surface area contributed by atoms with Crippen molar-refractivity contribution in [3.05, 3.63) is 59.7 Å². The number of hydrogen-bond donors (Lipinski definition) is 2. The van der Waals surface area contributed by atoms with E-state index in [4.69, 9.17) is 4.42 Å². The van der Waals surface area contributed by atoms with Crippen LogP contribution in [0.3, 0.4) is 0 Å². The molecule has 2 aromatic rings. The largest absolute Gasteiger partial charge is 0.506 e. The van der Waals surface area contributed by atoms with E-state index in [1.54, 1.807) is 37.3 Å². The molecule has 20 heavy (non-hydrogen) atoms. The Morgan fingerprint density at radius 1 is 1.30 bits per heavy atom. The number of hydrogen-bond acceptors (Lipinski definition) is 4. The van der Waals surface area contributed by atoms with Crippen molar-refractivity contribution in [3.8, 4) is 5.75 Å². The smallest absolute Gasteiger partial charge is 0.203 e. The Morgan fingerprint density at radius 3 is 2.70 bits per heavy atom. The molecule has 0 aliphatic carbocycles. The Labute approximate surface area is 117 Å². The number of phenolic OH excluding ortho intramolecular Hbond substituents is 1. The fraction of sp³-hybridized carbons (Fsp3) is 0.188. The number of ketones is 1. The molecule has 0 aliphatic heterocycles. The highest BCUT2D eigenvalue weighted by Gasteiger charge is 2.12. The van der Waals surface area contributed by atoms with Gasteiger partial charge in [0.05, 0.1) is 12.1 Å². The third-order valence-electron chi connectivity index (χ3n) is 2.85. The van der Waals surface area contributed by atoms with Crippen LogP contribution in [0.1, 0.15) is 28.3 Å². The van der Waals surface area contributed by atoms with Gasteiger partial charge in [-0.05, 0) is 43.7 Å². The van der Waals surface area contributed by atoms with Gasteiger partial charge in [-0.3, -0.25) is 4.79 Å². The van der Waals surface area contributed by atoms with Crippen LogP contribution in [0.2, 0.25) is 0 Å². The van der Waals surface area contributed by atoms with E-state index < -0.39 is 0 Å². The Balaban J connectivity index is 2.02. The zero-order valence-corrected chi connectivity index (χ0v) is 11.6. The van der Waals surface area contributed by atoms with Crippen molar-refractivity contribution in [1.29, 1.82) is 0 Å². The van der Waals surface area contributed by atoms with Crippen molar-refractivity contribution in [2.24, 2.45) is 0 Å². The quantitative estimate of drug-likeness (QED) is 0.641. The van der Waals surface area contributed by atoms with Crippen LogP contribution in [-0.2, 0) is 0 Å². The lowest BCUT2D eigenvalue weighted by Crippen LogP contribution is -2.06. The number of aryl methyl sites for hydroxylation is 2. The molecule has 104 valence electrons. The van der Waals surface area contributed by atoms with E-state index in [9.17, 15) is 9.90 Å². The molecular weight excluding hydrogens is 254 g/mol. The number of nitrogens with one attached hydrogen (secondary N) is 1. The molecule has 0 saturated carbocycles. The maximum absolute atomic E-state index is 12.0. The number of carbonyl (C=O) groups excluding carboxylic acids is 1. The maximum Gasteiger partial charge on any atom is 0.203 e. The van der Waals surface area contributed by atoms with E-state index in [1.165, 1.54) is 0 Å². The summed E-state index contributed by atoms with van der Waals surface area (Å²) in [5.74, 6) is 0.989. The Hall–Kier alpha value is -2.49. The summed E-state index contributed by atoms with van der Waals surface area (Å²) in [5, 5.41) is 12.7. The number of benzene rings is 1. The van der Waals surface area contributed by atoms with Gasteiger partial charge in [0, 0.05) is 5.70 Å². The zero-order valence-electron chi connectivity index (χ0n) is 11.6. The monoisotopic (exact) mass is 271 g/mol. The molecule has 4 heteroatoms. The van der Waals surface area contributed by atoms with Crippen LogP contribution in [0, 0.1) is 13.8 Å². The third-order valence-corrected chi connectivity index (χ3v) is 2.85. The standard InChI is InChI=1S/C16H17NO3/c1-10-4-6-14(18)13(8-10)17-11(2)9-15(19)16-7-5-12(3)20-16/h4-8,17-18H,2,9H2,1,3H3. The summed E-state index contributed by atoms with van der Waals surface area (Å²) in [5.41, 5.74) is 2.05. The Morgan fingerprint density at radius 2 is 2.05 bits per heavy atom. The fourth-order valence-electron chi connectivity index (χ4n) is 1.85. The van der Waals surface area contributed by atoms with Crippen LogP contribution < -0.4 is 5.32 Å². The number of anilines is 1. The van der Waals surface area contributed by atoms with Gasteiger partial charge < -0.3 is 14.8 Å². The lowest BCUT2D eigenvalue weighted by molar-refractivity contribution is 0.0965. The van der Waals surface area contributed by atoms with Gasteiger partial charge in [-0.1, -0.05) is 12.6 Å². The summed E-state index contributed by atoms with van der Waals surface area (Å²) in [7, 11) is 0. The molecule has 0 amide bonds. The van der Waals surface area contributed by atoms with E-state index in [-0.39, 0.29) is 18.0 Å². The zero-order chi connectivity index (χ0) is 14.7. The minimum absolute atomic E-state index is 0.111. The summed E-state index contributed by atoms with van der Waals surface area (Å²) in [4.78, 5) is 12.0. The molecule has 1 aromatic heterocycles. The van der Waals surface area contributed by atoms with Gasteiger partial charge in [0.15, 0.2) is 5.76 Å². The molecule has 4 nitrogen and oxygen atoms in total. The molecule has 1 aromatic carbocycles. The number of carbonyl (C=O) groups is 1. The highest BCUT2D eigenvalue weighted by molar-refractivity contribution is 5.95. The highest BCUT2D eigenvalue weighted by Crippen LogP contribution is 2.25. The first kappa shape index (κ1) is 13.9. The van der Waals surface area contributed by atoms with Crippen LogP contribution in [0.4, 0.5) is 5.69 Å². The number of furan rings is 1. The summed E-state index contributed by atoms with van der Waals surface area (Å²) in [6.45, 7) is 7.52. The molecule has 0 aliphatic rings. The average molecular weight is 271 g/mol. The van der Waals surface area contributed by atoms with E-state index >= 15 is 0 Å². The van der Waals surface area contributed by atoms with Crippen LogP contribution in [0.5, 0.6) is 5.75 Å². The molecule has 0 saturated heterocycles. The third kappa shape index (κ3) is 3.29. The number of phenols is 1. The first-order chi connectivity index (χ1) is 9.45. The molecule has 0 unspecified atom stereocenters. The van der Waals surface area contributed by atoms with E-state index in [0.717, 1.165) is 5.56 Å². The fourth-order valence-corrected chi connectivity index (χ4v) is 1.85. The first-order valence-corrected chi connectivity index (χ1v) is 6.30. The first-order valence-electron chi connectivity index (χ1n) is 6.30. The lowest BCUT2D eigenvalue weighted by atomic mass is 10.1. The van der Waals surface area contributed by atoms with Gasteiger partial charge in [0.2, 0.25) is 5.78 Å². The second-order valence-corrected chi connectivity index (χ2v) is 4.76. The summed E-state index contributed by atoms with van der Waals surface area (Å²) < 4.78 is 5.27. The SMILES string of the molecule is C=C(CC(=O)c1ccc(C)o1)Nc1cc(C)ccc1O. The van der Waals surface area contributed by atoms with E-state index in [2.05, 4.69) is 11.9 Å². The van der Waals surface area contributed by atoms with Crippen molar-refractivity contribution in [2.45, 2.75) is 20.3 Å². The molecule has 2 rings (SSSR count). The molecule has 1 heterocycles. The number of aromatic hydroxyl groups is 1. The van der Waals surface area contributed by atoms with Gasteiger partial charge in [0.1, 0.15) is 11.5 Å². The molecule has 0 radical (unpaired) electrons. The van der Waals surface area contributed by atoms with Gasteiger partial charge in [-0.25, -0.2) is 0 Å².